The molecule has 1 atom stereocenters. The first-order valence-corrected chi connectivity index (χ1v) is 9.84. The second-order valence-corrected chi connectivity index (χ2v) is 7.06. The number of hydrogen-bond donors (Lipinski definition) is 2. The van der Waals surface area contributed by atoms with Crippen LogP contribution in [-0.4, -0.2) is 101 Å². The molecule has 2 N–H and O–H groups in total. The van der Waals surface area contributed by atoms with Crippen molar-refractivity contribution in [1.29, 1.82) is 0 Å². The number of hydrogen-bond acceptors (Lipinski definition) is 5. The molecule has 0 bridgehead atoms. The van der Waals surface area contributed by atoms with Gasteiger partial charge in [0.15, 0.2) is 5.96 Å². The monoisotopic (exact) mass is 483 g/mol. The van der Waals surface area contributed by atoms with E-state index in [1.165, 1.54) is 0 Å². The highest BCUT2D eigenvalue weighted by Crippen LogP contribution is 2.13. The highest BCUT2D eigenvalue weighted by molar-refractivity contribution is 14.0. The highest BCUT2D eigenvalue weighted by atomic mass is 127. The van der Waals surface area contributed by atoms with Crippen LogP contribution in [0.1, 0.15) is 20.8 Å². The Bertz CT molecular complexity index is 386. The van der Waals surface area contributed by atoms with Crippen LogP contribution in [0.15, 0.2) is 4.99 Å². The Labute approximate surface area is 176 Å². The van der Waals surface area contributed by atoms with Gasteiger partial charge in [-0.3, -0.25) is 14.8 Å². The molecule has 0 aromatic heterocycles. The fourth-order valence-corrected chi connectivity index (χ4v) is 3.34. The minimum Gasteiger partial charge on any atom is -0.379 e. The van der Waals surface area contributed by atoms with Gasteiger partial charge in [-0.25, -0.2) is 0 Å². The van der Waals surface area contributed by atoms with Gasteiger partial charge in [0.2, 0.25) is 0 Å². The van der Waals surface area contributed by atoms with Gasteiger partial charge in [0.05, 0.1) is 33.0 Å². The maximum atomic E-state index is 5.49. The fourth-order valence-electron chi connectivity index (χ4n) is 3.34. The van der Waals surface area contributed by atoms with Crippen molar-refractivity contribution in [1.82, 2.24) is 20.4 Å². The molecule has 26 heavy (non-hydrogen) atoms. The molecule has 7 nitrogen and oxygen atoms in total. The van der Waals surface area contributed by atoms with E-state index in [4.69, 9.17) is 14.5 Å². The van der Waals surface area contributed by atoms with E-state index < -0.39 is 0 Å². The van der Waals surface area contributed by atoms with Gasteiger partial charge >= 0.3 is 0 Å². The molecule has 0 spiro atoms. The van der Waals surface area contributed by atoms with Gasteiger partial charge in [0.1, 0.15) is 0 Å². The predicted molar refractivity (Wildman–Crippen MR) is 118 cm³/mol. The minimum absolute atomic E-state index is 0. The van der Waals surface area contributed by atoms with Crippen LogP contribution >= 0.6 is 24.0 Å². The summed E-state index contributed by atoms with van der Waals surface area (Å²) in [5, 5.41) is 6.85. The molecular weight excluding hydrogens is 445 g/mol. The van der Waals surface area contributed by atoms with Crippen LogP contribution in [-0.2, 0) is 9.47 Å². The number of guanidine groups is 1. The van der Waals surface area contributed by atoms with Crippen LogP contribution in [0.5, 0.6) is 0 Å². The molecule has 0 aliphatic carbocycles. The summed E-state index contributed by atoms with van der Waals surface area (Å²) in [6.45, 7) is 17.8. The lowest BCUT2D eigenvalue weighted by Crippen LogP contribution is -2.48. The summed E-state index contributed by atoms with van der Waals surface area (Å²) in [5.41, 5.74) is 0. The molecule has 0 amide bonds. The summed E-state index contributed by atoms with van der Waals surface area (Å²) >= 11 is 0. The van der Waals surface area contributed by atoms with E-state index >= 15 is 0 Å². The van der Waals surface area contributed by atoms with Crippen LogP contribution in [0.3, 0.4) is 0 Å². The van der Waals surface area contributed by atoms with E-state index in [1.807, 2.05) is 0 Å². The predicted octanol–water partition coefficient (Wildman–Crippen LogP) is 0.849. The third-order valence-electron chi connectivity index (χ3n) is 4.89. The van der Waals surface area contributed by atoms with Gasteiger partial charge in [-0.05, 0) is 12.8 Å². The number of halogens is 1. The lowest BCUT2D eigenvalue weighted by Gasteiger charge is -2.36. The van der Waals surface area contributed by atoms with Crippen molar-refractivity contribution in [3.63, 3.8) is 0 Å². The number of aliphatic imine (C=N–C) groups is 1. The number of nitrogens with one attached hydrogen (secondary N) is 2. The smallest absolute Gasteiger partial charge is 0.191 e. The minimum atomic E-state index is 0. The van der Waals surface area contributed by atoms with Crippen molar-refractivity contribution in [3.8, 4) is 0 Å². The second-order valence-electron chi connectivity index (χ2n) is 7.06. The normalized spacial score (nSPS) is 21.3. The van der Waals surface area contributed by atoms with Crippen LogP contribution < -0.4 is 10.6 Å². The molecule has 1 unspecified atom stereocenters. The molecule has 0 saturated carbocycles. The third-order valence-corrected chi connectivity index (χ3v) is 4.89. The van der Waals surface area contributed by atoms with E-state index in [0.717, 1.165) is 84.7 Å². The standard InChI is InChI=1S/C18H37N5O2.HI/c1-4-19-18(20-5-6-22-7-11-24-12-8-22)21-15-17(16(2)3)23-9-13-25-14-10-23;/h16-17H,4-15H2,1-3H3,(H2,19,20,21);1H. The summed E-state index contributed by atoms with van der Waals surface area (Å²) in [7, 11) is 0. The van der Waals surface area contributed by atoms with Gasteiger partial charge in [-0.2, -0.15) is 0 Å². The maximum absolute atomic E-state index is 5.49. The van der Waals surface area contributed by atoms with Gasteiger partial charge in [-0.1, -0.05) is 13.8 Å². The maximum Gasteiger partial charge on any atom is 0.191 e. The van der Waals surface area contributed by atoms with Crippen molar-refractivity contribution in [2.45, 2.75) is 26.8 Å². The van der Waals surface area contributed by atoms with Crippen LogP contribution in [0.25, 0.3) is 0 Å². The van der Waals surface area contributed by atoms with E-state index in [1.54, 1.807) is 0 Å². The fraction of sp³-hybridized carbons (Fsp3) is 0.944. The Hall–Kier alpha value is -0.160. The zero-order valence-electron chi connectivity index (χ0n) is 16.7. The van der Waals surface area contributed by atoms with Crippen molar-refractivity contribution < 1.29 is 9.47 Å². The van der Waals surface area contributed by atoms with Crippen molar-refractivity contribution in [3.05, 3.63) is 0 Å². The molecule has 0 aromatic rings. The first-order valence-electron chi connectivity index (χ1n) is 9.84. The lowest BCUT2D eigenvalue weighted by atomic mass is 10.0. The van der Waals surface area contributed by atoms with Crippen molar-refractivity contribution in [2.24, 2.45) is 10.9 Å². The Kier molecular flexibility index (Phi) is 12.8. The molecule has 2 aliphatic rings. The SMILES string of the molecule is CCNC(=NCC(C(C)C)N1CCOCC1)NCCN1CCOCC1.I. The molecule has 2 fully saturated rings. The topological polar surface area (TPSA) is 61.4 Å². The van der Waals surface area contributed by atoms with E-state index in [-0.39, 0.29) is 24.0 Å². The lowest BCUT2D eigenvalue weighted by molar-refractivity contribution is 0.00867. The number of morpholine rings is 2. The largest absolute Gasteiger partial charge is 0.379 e. The van der Waals surface area contributed by atoms with E-state index in [0.29, 0.717) is 12.0 Å². The third kappa shape index (κ3) is 8.69. The molecule has 2 saturated heterocycles. The first-order chi connectivity index (χ1) is 12.2. The average Bonchev–Trinajstić information content (AvgIpc) is 2.63. The van der Waals surface area contributed by atoms with Crippen molar-refractivity contribution in [2.75, 3.05) is 78.8 Å². The summed E-state index contributed by atoms with van der Waals surface area (Å²) in [4.78, 5) is 9.82. The number of ether oxygens (including phenoxy) is 2. The van der Waals surface area contributed by atoms with Gasteiger partial charge in [-0.15, -0.1) is 24.0 Å². The molecule has 8 heteroatoms. The Morgan fingerprint density at radius 3 is 2.19 bits per heavy atom. The molecule has 2 aliphatic heterocycles. The summed E-state index contributed by atoms with van der Waals surface area (Å²) in [6.07, 6.45) is 0. The molecule has 154 valence electrons. The number of nitrogens with zero attached hydrogens (tertiary/aromatic N) is 3. The van der Waals surface area contributed by atoms with Crippen molar-refractivity contribution >= 4 is 29.9 Å². The quantitative estimate of drug-likeness (QED) is 0.303. The molecular formula is C18H38IN5O2. The molecule has 2 rings (SSSR count). The zero-order valence-corrected chi connectivity index (χ0v) is 19.0. The van der Waals surface area contributed by atoms with Crippen LogP contribution in [0.2, 0.25) is 0 Å². The Morgan fingerprint density at radius 2 is 1.62 bits per heavy atom. The average molecular weight is 483 g/mol. The second kappa shape index (κ2) is 13.9. The zero-order chi connectivity index (χ0) is 17.9. The van der Waals surface area contributed by atoms with Gasteiger partial charge in [0.25, 0.3) is 0 Å². The highest BCUT2D eigenvalue weighted by Gasteiger charge is 2.23. The van der Waals surface area contributed by atoms with Gasteiger partial charge in [0, 0.05) is 51.9 Å². The van der Waals surface area contributed by atoms with E-state index in [2.05, 4.69) is 41.2 Å². The van der Waals surface area contributed by atoms with E-state index in [9.17, 15) is 0 Å². The van der Waals surface area contributed by atoms with Crippen LogP contribution in [0, 0.1) is 5.92 Å². The first kappa shape index (κ1) is 23.9. The molecule has 2 heterocycles. The van der Waals surface area contributed by atoms with Crippen LogP contribution in [0.4, 0.5) is 0 Å². The Morgan fingerprint density at radius 1 is 1.00 bits per heavy atom. The molecule has 0 radical (unpaired) electrons. The summed E-state index contributed by atoms with van der Waals surface area (Å²) in [6, 6.07) is 0.471. The van der Waals surface area contributed by atoms with Gasteiger partial charge < -0.3 is 20.1 Å². The number of rotatable bonds is 8. The molecule has 0 aromatic carbocycles. The summed E-state index contributed by atoms with van der Waals surface area (Å²) < 4.78 is 10.9. The Balaban J connectivity index is 0.00000338. The summed E-state index contributed by atoms with van der Waals surface area (Å²) in [5.74, 6) is 1.51.